The van der Waals surface area contributed by atoms with Crippen molar-refractivity contribution in [2.24, 2.45) is 0 Å². The van der Waals surface area contributed by atoms with E-state index in [0.29, 0.717) is 11.7 Å². The highest BCUT2D eigenvalue weighted by atomic mass is 16.2. The molecular formula is C21H27N7O. The fraction of sp³-hybridized carbons (Fsp3) is 0.476. The van der Waals surface area contributed by atoms with E-state index >= 15 is 0 Å². The molecule has 2 saturated heterocycles. The molecule has 2 fully saturated rings. The number of anilines is 1. The predicted octanol–water partition coefficient (Wildman–Crippen LogP) is 2.45. The van der Waals surface area contributed by atoms with Gasteiger partial charge in [0.05, 0.1) is 22.8 Å². The number of nitrogens with zero attached hydrogens (tertiary/aromatic N) is 4. The van der Waals surface area contributed by atoms with Gasteiger partial charge in [-0.25, -0.2) is 4.98 Å². The van der Waals surface area contributed by atoms with Gasteiger partial charge in [0.25, 0.3) is 5.91 Å². The molecule has 2 aliphatic heterocycles. The highest BCUT2D eigenvalue weighted by Crippen LogP contribution is 2.29. The van der Waals surface area contributed by atoms with Crippen molar-refractivity contribution in [3.05, 3.63) is 41.7 Å². The molecule has 4 heterocycles. The largest absolute Gasteiger partial charge is 0.348 e. The first kappa shape index (κ1) is 18.2. The number of amides is 1. The molecule has 3 N–H and O–H groups in total. The van der Waals surface area contributed by atoms with Gasteiger partial charge in [-0.2, -0.15) is 5.10 Å². The van der Waals surface area contributed by atoms with E-state index in [1.165, 1.54) is 6.42 Å². The zero-order chi connectivity index (χ0) is 19.8. The summed E-state index contributed by atoms with van der Waals surface area (Å²) in [6.45, 7) is 2.82. The number of hydrogen-bond acceptors (Lipinski definition) is 5. The number of fused-ring (bicyclic) bond motifs is 1. The van der Waals surface area contributed by atoms with E-state index in [-0.39, 0.29) is 11.9 Å². The van der Waals surface area contributed by atoms with Crippen LogP contribution in [0.5, 0.6) is 0 Å². The first-order valence-corrected chi connectivity index (χ1v) is 10.4. The van der Waals surface area contributed by atoms with Crippen LogP contribution in [0.3, 0.4) is 0 Å². The van der Waals surface area contributed by atoms with Crippen LogP contribution in [0.4, 0.5) is 5.95 Å². The van der Waals surface area contributed by atoms with Gasteiger partial charge in [0.1, 0.15) is 5.69 Å². The van der Waals surface area contributed by atoms with Gasteiger partial charge in [0, 0.05) is 19.1 Å². The normalized spacial score (nSPS) is 21.1. The van der Waals surface area contributed by atoms with Crippen LogP contribution in [-0.4, -0.2) is 63.7 Å². The van der Waals surface area contributed by atoms with Crippen LogP contribution in [0.15, 0.2) is 30.3 Å². The summed E-state index contributed by atoms with van der Waals surface area (Å²) < 4.78 is 0. The molecule has 8 nitrogen and oxygen atoms in total. The van der Waals surface area contributed by atoms with E-state index in [4.69, 9.17) is 0 Å². The third kappa shape index (κ3) is 3.60. The monoisotopic (exact) mass is 393 g/mol. The number of para-hydroxylation sites is 2. The quantitative estimate of drug-likeness (QED) is 0.633. The number of aromatic nitrogens is 4. The summed E-state index contributed by atoms with van der Waals surface area (Å²) in [5.41, 5.74) is 3.57. The highest BCUT2D eigenvalue weighted by molar-refractivity contribution is 5.92. The molecule has 29 heavy (non-hydrogen) atoms. The van der Waals surface area contributed by atoms with E-state index in [1.807, 2.05) is 30.3 Å². The second kappa shape index (κ2) is 7.51. The minimum atomic E-state index is -0.0877. The lowest BCUT2D eigenvalue weighted by molar-refractivity contribution is 0.0926. The highest BCUT2D eigenvalue weighted by Gasteiger charge is 2.27. The Balaban J connectivity index is 1.17. The van der Waals surface area contributed by atoms with Crippen LogP contribution < -0.4 is 10.2 Å². The average Bonchev–Trinajstić information content (AvgIpc) is 3.47. The molecular weight excluding hydrogens is 366 g/mol. The summed E-state index contributed by atoms with van der Waals surface area (Å²) in [7, 11) is 2.12. The lowest BCUT2D eigenvalue weighted by Crippen LogP contribution is -2.45. The number of carbonyl (C=O) groups is 1. The third-order valence-electron chi connectivity index (χ3n) is 6.22. The first-order valence-electron chi connectivity index (χ1n) is 10.4. The molecule has 3 aromatic rings. The van der Waals surface area contributed by atoms with Gasteiger partial charge in [-0.3, -0.25) is 14.8 Å². The van der Waals surface area contributed by atoms with Crippen LogP contribution in [0.25, 0.3) is 11.0 Å². The van der Waals surface area contributed by atoms with Crippen molar-refractivity contribution in [3.63, 3.8) is 0 Å². The fourth-order valence-corrected chi connectivity index (χ4v) is 4.51. The lowest BCUT2D eigenvalue weighted by Gasteiger charge is -2.32. The number of aromatic amines is 2. The molecule has 0 aliphatic carbocycles. The minimum absolute atomic E-state index is 0.0877. The molecule has 1 aromatic carbocycles. The Morgan fingerprint density at radius 2 is 2.00 bits per heavy atom. The summed E-state index contributed by atoms with van der Waals surface area (Å²) >= 11 is 0. The van der Waals surface area contributed by atoms with Gasteiger partial charge in [-0.15, -0.1) is 0 Å². The number of likely N-dealkylation sites (tertiary alicyclic amines) is 1. The maximum atomic E-state index is 12.7. The Kier molecular flexibility index (Phi) is 4.71. The van der Waals surface area contributed by atoms with E-state index in [1.54, 1.807) is 0 Å². The Morgan fingerprint density at radius 1 is 1.17 bits per heavy atom. The summed E-state index contributed by atoms with van der Waals surface area (Å²) in [5.74, 6) is 0.823. The number of benzene rings is 1. The second-order valence-corrected chi connectivity index (χ2v) is 8.16. The molecule has 0 spiro atoms. The molecule has 0 radical (unpaired) electrons. The second-order valence-electron chi connectivity index (χ2n) is 8.16. The van der Waals surface area contributed by atoms with E-state index in [2.05, 4.69) is 42.3 Å². The van der Waals surface area contributed by atoms with Crippen molar-refractivity contribution in [3.8, 4) is 0 Å². The molecule has 1 amide bonds. The van der Waals surface area contributed by atoms with Crippen molar-refractivity contribution >= 4 is 22.9 Å². The number of carbonyl (C=O) groups excluding carboxylic acids is 1. The Morgan fingerprint density at radius 3 is 2.76 bits per heavy atom. The van der Waals surface area contributed by atoms with Crippen LogP contribution in [0, 0.1) is 0 Å². The van der Waals surface area contributed by atoms with Crippen LogP contribution in [-0.2, 0) is 0 Å². The predicted molar refractivity (Wildman–Crippen MR) is 112 cm³/mol. The molecule has 0 saturated carbocycles. The van der Waals surface area contributed by atoms with Crippen LogP contribution >= 0.6 is 0 Å². The van der Waals surface area contributed by atoms with E-state index in [9.17, 15) is 4.79 Å². The van der Waals surface area contributed by atoms with Gasteiger partial charge in [0.2, 0.25) is 5.95 Å². The van der Waals surface area contributed by atoms with Crippen molar-refractivity contribution in [2.45, 2.75) is 37.8 Å². The van der Waals surface area contributed by atoms with Crippen molar-refractivity contribution in [1.29, 1.82) is 0 Å². The Bertz CT molecular complexity index is 968. The minimum Gasteiger partial charge on any atom is -0.348 e. The number of piperidine rings is 1. The van der Waals surface area contributed by atoms with Crippen molar-refractivity contribution < 1.29 is 4.79 Å². The molecule has 2 aromatic heterocycles. The number of H-pyrrole nitrogens is 2. The van der Waals surface area contributed by atoms with Crippen molar-refractivity contribution in [2.75, 3.05) is 31.6 Å². The number of imidazole rings is 1. The molecule has 2 aliphatic rings. The SMILES string of the molecule is CN1CCCC1c1cc(C(=O)NC2CCN(c3nc4ccccc4[nH]3)CC2)n[nH]1. The number of hydrogen-bond donors (Lipinski definition) is 3. The zero-order valence-electron chi connectivity index (χ0n) is 16.7. The Hall–Kier alpha value is -2.87. The maximum absolute atomic E-state index is 12.7. The average molecular weight is 393 g/mol. The first-order chi connectivity index (χ1) is 14.2. The van der Waals surface area contributed by atoms with Gasteiger partial charge >= 0.3 is 0 Å². The topological polar surface area (TPSA) is 92.9 Å². The fourth-order valence-electron chi connectivity index (χ4n) is 4.51. The van der Waals surface area contributed by atoms with Gasteiger partial charge in [-0.05, 0) is 57.5 Å². The summed E-state index contributed by atoms with van der Waals surface area (Å²) in [6.07, 6.45) is 4.09. The zero-order valence-corrected chi connectivity index (χ0v) is 16.7. The number of nitrogens with one attached hydrogen (secondary N) is 3. The summed E-state index contributed by atoms with van der Waals surface area (Å²) in [4.78, 5) is 25.3. The molecule has 0 bridgehead atoms. The van der Waals surface area contributed by atoms with Crippen molar-refractivity contribution in [1.82, 2.24) is 30.4 Å². The molecule has 5 rings (SSSR count). The third-order valence-corrected chi connectivity index (χ3v) is 6.22. The van der Waals surface area contributed by atoms with Crippen LogP contribution in [0.2, 0.25) is 0 Å². The molecule has 1 atom stereocenters. The van der Waals surface area contributed by atoms with E-state index < -0.39 is 0 Å². The molecule has 152 valence electrons. The maximum Gasteiger partial charge on any atom is 0.271 e. The van der Waals surface area contributed by atoms with Gasteiger partial charge < -0.3 is 15.2 Å². The van der Waals surface area contributed by atoms with Gasteiger partial charge in [0.15, 0.2) is 0 Å². The van der Waals surface area contributed by atoms with Crippen LogP contribution in [0.1, 0.15) is 47.9 Å². The molecule has 1 unspecified atom stereocenters. The smallest absolute Gasteiger partial charge is 0.271 e. The molecule has 8 heteroatoms. The van der Waals surface area contributed by atoms with Gasteiger partial charge in [-0.1, -0.05) is 12.1 Å². The Labute approximate surface area is 169 Å². The summed E-state index contributed by atoms with van der Waals surface area (Å²) in [6, 6.07) is 10.5. The number of rotatable bonds is 4. The standard InChI is InChI=1S/C21H27N7O/c1-27-10-4-7-19(27)17-13-18(26-25-17)20(29)22-14-8-11-28(12-9-14)21-23-15-5-2-3-6-16(15)24-21/h2-3,5-6,13-14,19H,4,7-12H2,1H3,(H,22,29)(H,23,24)(H,25,26). The lowest BCUT2D eigenvalue weighted by atomic mass is 10.1. The van der Waals surface area contributed by atoms with E-state index in [0.717, 1.165) is 61.6 Å². The summed E-state index contributed by atoms with van der Waals surface area (Å²) in [5, 5.41) is 10.5.